The maximum atomic E-state index is 13.1. The monoisotopic (exact) mass is 529 g/mol. The number of benzene rings is 1. The highest BCUT2D eigenvalue weighted by Crippen LogP contribution is 2.27. The number of thiazole rings is 1. The third-order valence-corrected chi connectivity index (χ3v) is 7.96. The Balaban J connectivity index is 1.51. The van der Waals surface area contributed by atoms with E-state index in [4.69, 9.17) is 9.47 Å². The number of anilines is 2. The smallest absolute Gasteiger partial charge is 0.275 e. The normalized spacial score (nSPS) is 19.7. The molecule has 2 amide bonds. The topological polar surface area (TPSA) is 96.0 Å². The third kappa shape index (κ3) is 6.87. The molecular weight excluding hydrogens is 490 g/mol. The number of hydrogen-bond donors (Lipinski definition) is 2. The lowest BCUT2D eigenvalue weighted by molar-refractivity contribution is -0.0552. The van der Waals surface area contributed by atoms with Crippen LogP contribution in [0.15, 0.2) is 23.6 Å². The molecule has 1 aromatic carbocycles. The number of carbonyl (C=O) groups is 2. The summed E-state index contributed by atoms with van der Waals surface area (Å²) in [7, 11) is 1.72. The Morgan fingerprint density at radius 3 is 2.84 bits per heavy atom. The predicted octanol–water partition coefficient (Wildman–Crippen LogP) is 3.76. The van der Waals surface area contributed by atoms with Crippen molar-refractivity contribution in [3.05, 3.63) is 40.4 Å². The lowest BCUT2D eigenvalue weighted by atomic mass is 10.00. The van der Waals surface area contributed by atoms with E-state index in [9.17, 15) is 9.59 Å². The van der Waals surface area contributed by atoms with Crippen molar-refractivity contribution < 1.29 is 19.1 Å². The van der Waals surface area contributed by atoms with Crippen molar-refractivity contribution in [2.24, 2.45) is 0 Å². The van der Waals surface area contributed by atoms with Crippen LogP contribution in [0.4, 0.5) is 10.8 Å². The zero-order valence-corrected chi connectivity index (χ0v) is 23.2. The van der Waals surface area contributed by atoms with Gasteiger partial charge in [0, 0.05) is 50.8 Å². The molecule has 0 saturated carbocycles. The summed E-state index contributed by atoms with van der Waals surface area (Å²) in [5.41, 5.74) is 2.23. The van der Waals surface area contributed by atoms with Crippen LogP contribution in [0.25, 0.3) is 0 Å². The van der Waals surface area contributed by atoms with Crippen LogP contribution in [0, 0.1) is 0 Å². The van der Waals surface area contributed by atoms with E-state index in [1.165, 1.54) is 11.3 Å². The number of aromatic nitrogens is 1. The van der Waals surface area contributed by atoms with Crippen molar-refractivity contribution in [3.8, 4) is 0 Å². The van der Waals surface area contributed by atoms with E-state index in [0.717, 1.165) is 49.6 Å². The maximum absolute atomic E-state index is 13.1. The molecule has 0 aliphatic carbocycles. The highest BCUT2D eigenvalue weighted by atomic mass is 32.1. The quantitative estimate of drug-likeness (QED) is 0.453. The van der Waals surface area contributed by atoms with E-state index in [1.807, 2.05) is 18.2 Å². The minimum atomic E-state index is -0.324. The minimum Gasteiger partial charge on any atom is -0.380 e. The Kier molecular flexibility index (Phi) is 9.17. The molecule has 0 bridgehead atoms. The number of unbranched alkanes of at least 4 members (excludes halogenated alkanes) is 1. The summed E-state index contributed by atoms with van der Waals surface area (Å²) < 4.78 is 11.1. The van der Waals surface area contributed by atoms with E-state index in [2.05, 4.69) is 46.2 Å². The van der Waals surface area contributed by atoms with Crippen molar-refractivity contribution >= 4 is 34.0 Å². The molecule has 2 N–H and O–H groups in total. The Morgan fingerprint density at radius 1 is 1.27 bits per heavy atom. The highest BCUT2D eigenvalue weighted by Gasteiger charge is 2.31. The van der Waals surface area contributed by atoms with Gasteiger partial charge in [0.15, 0.2) is 5.13 Å². The average molecular weight is 530 g/mol. The molecule has 1 atom stereocenters. The van der Waals surface area contributed by atoms with Gasteiger partial charge in [-0.3, -0.25) is 14.5 Å². The lowest BCUT2D eigenvalue weighted by Gasteiger charge is -2.42. The third-order valence-electron chi connectivity index (χ3n) is 7.06. The Bertz CT molecular complexity index is 1090. The largest absolute Gasteiger partial charge is 0.380 e. The Labute approximate surface area is 223 Å². The van der Waals surface area contributed by atoms with E-state index in [1.54, 1.807) is 12.5 Å². The Hall–Kier alpha value is -2.53. The first kappa shape index (κ1) is 27.5. The fourth-order valence-corrected chi connectivity index (χ4v) is 5.50. The first-order chi connectivity index (χ1) is 17.8. The van der Waals surface area contributed by atoms with Crippen LogP contribution in [0.5, 0.6) is 0 Å². The van der Waals surface area contributed by atoms with E-state index >= 15 is 0 Å². The fraction of sp³-hybridized carbons (Fsp3) is 0.593. The second-order valence-corrected chi connectivity index (χ2v) is 11.2. The molecule has 9 nitrogen and oxygen atoms in total. The molecule has 4 rings (SSSR count). The first-order valence-corrected chi connectivity index (χ1v) is 14.0. The first-order valence-electron chi connectivity index (χ1n) is 13.1. The number of morpholine rings is 1. The molecule has 2 fully saturated rings. The van der Waals surface area contributed by atoms with Crippen molar-refractivity contribution in [1.82, 2.24) is 15.2 Å². The molecule has 202 valence electrons. The molecule has 0 radical (unpaired) electrons. The number of carbonyl (C=O) groups excluding carboxylic acids is 2. The zero-order valence-electron chi connectivity index (χ0n) is 22.3. The summed E-state index contributed by atoms with van der Waals surface area (Å²) in [6, 6.07) is 5.70. The van der Waals surface area contributed by atoms with Crippen LogP contribution in [-0.4, -0.2) is 79.8 Å². The lowest BCUT2D eigenvalue weighted by Crippen LogP contribution is -2.52. The van der Waals surface area contributed by atoms with Gasteiger partial charge in [-0.15, -0.1) is 11.3 Å². The van der Waals surface area contributed by atoms with Gasteiger partial charge in [-0.2, -0.15) is 0 Å². The van der Waals surface area contributed by atoms with Gasteiger partial charge in [0.25, 0.3) is 11.8 Å². The van der Waals surface area contributed by atoms with Gasteiger partial charge in [0.05, 0.1) is 30.6 Å². The van der Waals surface area contributed by atoms with Crippen molar-refractivity contribution in [2.45, 2.75) is 58.2 Å². The van der Waals surface area contributed by atoms with Gasteiger partial charge in [0.2, 0.25) is 0 Å². The molecule has 37 heavy (non-hydrogen) atoms. The number of nitrogens with zero attached hydrogens (tertiary/aromatic N) is 3. The number of amides is 2. The molecule has 2 aliphatic rings. The second kappa shape index (κ2) is 12.3. The number of nitrogens with one attached hydrogen (secondary N) is 2. The average Bonchev–Trinajstić information content (AvgIpc) is 3.56. The number of methoxy groups -OCH3 is 1. The van der Waals surface area contributed by atoms with Gasteiger partial charge in [-0.05, 0) is 44.4 Å². The predicted molar refractivity (Wildman–Crippen MR) is 147 cm³/mol. The van der Waals surface area contributed by atoms with Crippen LogP contribution < -0.4 is 15.5 Å². The van der Waals surface area contributed by atoms with Gasteiger partial charge in [-0.1, -0.05) is 19.4 Å². The summed E-state index contributed by atoms with van der Waals surface area (Å²) in [6.45, 7) is 11.5. The SMILES string of the molecule is CCCCNC(=O)c1cc(CN2CCOCC2(C)C)ccc1NC(=O)c1csc(N2CC[C@H](OC)C2)n1. The molecule has 0 unspecified atom stereocenters. The summed E-state index contributed by atoms with van der Waals surface area (Å²) in [6.07, 6.45) is 3.03. The molecule has 0 spiro atoms. The summed E-state index contributed by atoms with van der Waals surface area (Å²) in [5.74, 6) is -0.511. The fourth-order valence-electron chi connectivity index (χ4n) is 4.66. The molecule has 2 aliphatic heterocycles. The van der Waals surface area contributed by atoms with E-state index in [0.29, 0.717) is 43.2 Å². The van der Waals surface area contributed by atoms with Gasteiger partial charge in [-0.25, -0.2) is 4.98 Å². The number of hydrogen-bond acceptors (Lipinski definition) is 8. The van der Waals surface area contributed by atoms with Crippen molar-refractivity contribution in [1.29, 1.82) is 0 Å². The van der Waals surface area contributed by atoms with Crippen molar-refractivity contribution in [3.63, 3.8) is 0 Å². The molecule has 10 heteroatoms. The number of ether oxygens (including phenoxy) is 2. The Morgan fingerprint density at radius 2 is 2.11 bits per heavy atom. The molecular formula is C27H39N5O4S. The van der Waals surface area contributed by atoms with E-state index < -0.39 is 0 Å². The van der Waals surface area contributed by atoms with Crippen molar-refractivity contribution in [2.75, 3.05) is 56.7 Å². The maximum Gasteiger partial charge on any atom is 0.275 e. The zero-order chi connectivity index (χ0) is 26.4. The van der Waals surface area contributed by atoms with Gasteiger partial charge >= 0.3 is 0 Å². The summed E-state index contributed by atoms with van der Waals surface area (Å²) in [4.78, 5) is 35.3. The molecule has 2 saturated heterocycles. The van der Waals surface area contributed by atoms with E-state index in [-0.39, 0.29) is 23.5 Å². The standard InChI is InChI=1S/C27H39N5O4S/c1-5-6-10-28-24(33)21-14-19(15-32-12-13-36-18-27(32,2)3)7-8-22(21)29-25(34)23-17-37-26(30-23)31-11-9-20(16-31)35-4/h7-8,14,17,20H,5-6,9-13,15-16,18H2,1-4H3,(H,28,33)(H,29,34)/t20-/m0/s1. The minimum absolute atomic E-state index is 0.0877. The van der Waals surface area contributed by atoms with Gasteiger partial charge in [0.1, 0.15) is 5.69 Å². The second-order valence-electron chi connectivity index (χ2n) is 10.3. The summed E-state index contributed by atoms with van der Waals surface area (Å²) in [5, 5.41) is 8.51. The molecule has 3 heterocycles. The van der Waals surface area contributed by atoms with Crippen LogP contribution >= 0.6 is 11.3 Å². The van der Waals surface area contributed by atoms with Gasteiger partial charge < -0.3 is 25.0 Å². The number of rotatable bonds is 10. The summed E-state index contributed by atoms with van der Waals surface area (Å²) >= 11 is 1.45. The van der Waals surface area contributed by atoms with Crippen LogP contribution in [0.2, 0.25) is 0 Å². The van der Waals surface area contributed by atoms with Crippen LogP contribution in [0.3, 0.4) is 0 Å². The van der Waals surface area contributed by atoms with Crippen LogP contribution in [-0.2, 0) is 16.0 Å². The molecule has 2 aromatic rings. The highest BCUT2D eigenvalue weighted by molar-refractivity contribution is 7.14. The van der Waals surface area contributed by atoms with Crippen LogP contribution in [0.1, 0.15) is 66.4 Å². The molecule has 1 aromatic heterocycles.